The van der Waals surface area contributed by atoms with Crippen LogP contribution in [0, 0.1) is 0 Å². The molecular weight excluding hydrogens is 382 g/mol. The summed E-state index contributed by atoms with van der Waals surface area (Å²) < 4.78 is 0.909. The quantitative estimate of drug-likeness (QED) is 0.635. The van der Waals surface area contributed by atoms with E-state index in [1.807, 2.05) is 24.3 Å². The molecule has 25 heavy (non-hydrogen) atoms. The lowest BCUT2D eigenvalue weighted by molar-refractivity contribution is -0.0989. The topological polar surface area (TPSA) is 57.6 Å². The molecule has 4 nitrogen and oxygen atoms in total. The van der Waals surface area contributed by atoms with Crippen molar-refractivity contribution in [1.29, 1.82) is 0 Å². The van der Waals surface area contributed by atoms with Gasteiger partial charge in [0.2, 0.25) is 0 Å². The lowest BCUT2D eigenvalue weighted by Gasteiger charge is -2.55. The van der Waals surface area contributed by atoms with Crippen LogP contribution in [-0.4, -0.2) is 27.4 Å². The van der Waals surface area contributed by atoms with Crippen molar-refractivity contribution >= 4 is 27.7 Å². The van der Waals surface area contributed by atoms with E-state index in [0.29, 0.717) is 11.1 Å². The van der Waals surface area contributed by atoms with E-state index in [4.69, 9.17) is 0 Å². The average molecular weight is 398 g/mol. The number of carbonyl (C=O) groups excluding carboxylic acids is 2. The van der Waals surface area contributed by atoms with Crippen LogP contribution in [-0.2, 0) is 5.54 Å². The van der Waals surface area contributed by atoms with Crippen LogP contribution < -0.4 is 0 Å². The van der Waals surface area contributed by atoms with E-state index < -0.39 is 11.1 Å². The molecule has 2 aliphatic rings. The number of rotatable bonds is 3. The summed E-state index contributed by atoms with van der Waals surface area (Å²) in [7, 11) is 0. The van der Waals surface area contributed by atoms with Gasteiger partial charge in [0, 0.05) is 17.3 Å². The summed E-state index contributed by atoms with van der Waals surface area (Å²) in [6.07, 6.45) is 1.98. The first-order valence-electron chi connectivity index (χ1n) is 8.00. The number of imide groups is 1. The average Bonchev–Trinajstić information content (AvgIpc) is 2.85. The maximum absolute atomic E-state index is 13.0. The van der Waals surface area contributed by atoms with Crippen molar-refractivity contribution in [1.82, 2.24) is 4.90 Å². The fraction of sp³-hybridized carbons (Fsp3) is 0.200. The molecule has 1 saturated carbocycles. The summed E-state index contributed by atoms with van der Waals surface area (Å²) in [5.74, 6) is -0.621. The standard InChI is InChI=1S/C20H16BrNO3/c1-2-19(25)11-20(12-19,13-7-9-14(21)10-8-13)22-17(23)15-5-3-4-6-16(15)18(22)24/h2-10,25H,1,11-12H2/t19-,20-. The van der Waals surface area contributed by atoms with Gasteiger partial charge in [-0.1, -0.05) is 46.3 Å². The molecule has 2 aromatic rings. The molecule has 0 atom stereocenters. The molecule has 2 amide bonds. The molecule has 1 aliphatic carbocycles. The number of amides is 2. The summed E-state index contributed by atoms with van der Waals surface area (Å²) in [6.45, 7) is 3.69. The van der Waals surface area contributed by atoms with Crippen LogP contribution in [0.4, 0.5) is 0 Å². The van der Waals surface area contributed by atoms with Gasteiger partial charge in [-0.3, -0.25) is 14.5 Å². The third-order valence-corrected chi connectivity index (χ3v) is 5.71. The molecule has 0 bridgehead atoms. The number of fused-ring (bicyclic) bond motifs is 1. The summed E-state index contributed by atoms with van der Waals surface area (Å²) in [5.41, 5.74) is -0.285. The zero-order chi connectivity index (χ0) is 17.8. The highest BCUT2D eigenvalue weighted by Crippen LogP contribution is 2.55. The lowest BCUT2D eigenvalue weighted by atomic mass is 9.60. The number of halogens is 1. The minimum atomic E-state index is -1.08. The minimum absolute atomic E-state index is 0.247. The van der Waals surface area contributed by atoms with Crippen LogP contribution >= 0.6 is 15.9 Å². The largest absolute Gasteiger partial charge is 0.386 e. The van der Waals surface area contributed by atoms with Crippen LogP contribution in [0.1, 0.15) is 39.1 Å². The highest BCUT2D eigenvalue weighted by atomic mass is 79.9. The van der Waals surface area contributed by atoms with Gasteiger partial charge in [0.15, 0.2) is 0 Å². The molecule has 126 valence electrons. The van der Waals surface area contributed by atoms with Gasteiger partial charge in [0.25, 0.3) is 11.8 Å². The van der Waals surface area contributed by atoms with Crippen molar-refractivity contribution in [2.75, 3.05) is 0 Å². The Morgan fingerprint density at radius 3 is 2.00 bits per heavy atom. The Hall–Kier alpha value is -2.24. The van der Waals surface area contributed by atoms with Crippen molar-refractivity contribution < 1.29 is 14.7 Å². The van der Waals surface area contributed by atoms with Crippen molar-refractivity contribution in [3.8, 4) is 0 Å². The van der Waals surface area contributed by atoms with E-state index in [1.54, 1.807) is 24.3 Å². The zero-order valence-electron chi connectivity index (χ0n) is 13.4. The van der Waals surface area contributed by atoms with Gasteiger partial charge >= 0.3 is 0 Å². The molecule has 4 rings (SSSR count). The molecular formula is C20H16BrNO3. The highest BCUT2D eigenvalue weighted by Gasteiger charge is 2.61. The zero-order valence-corrected chi connectivity index (χ0v) is 15.0. The molecule has 1 heterocycles. The highest BCUT2D eigenvalue weighted by molar-refractivity contribution is 9.10. The van der Waals surface area contributed by atoms with Crippen molar-refractivity contribution in [3.63, 3.8) is 0 Å². The van der Waals surface area contributed by atoms with Gasteiger partial charge in [0.1, 0.15) is 0 Å². The Labute approximate surface area is 153 Å². The van der Waals surface area contributed by atoms with E-state index in [-0.39, 0.29) is 24.7 Å². The van der Waals surface area contributed by atoms with Crippen LogP contribution in [0.2, 0.25) is 0 Å². The number of hydrogen-bond acceptors (Lipinski definition) is 3. The molecule has 5 heteroatoms. The first kappa shape index (κ1) is 16.2. The summed E-state index contributed by atoms with van der Waals surface area (Å²) >= 11 is 3.41. The van der Waals surface area contributed by atoms with Crippen LogP contribution in [0.3, 0.4) is 0 Å². The minimum Gasteiger partial charge on any atom is -0.386 e. The number of carbonyl (C=O) groups is 2. The van der Waals surface area contributed by atoms with E-state index in [0.717, 1.165) is 10.0 Å². The van der Waals surface area contributed by atoms with Crippen LogP contribution in [0.25, 0.3) is 0 Å². The Morgan fingerprint density at radius 2 is 1.52 bits per heavy atom. The van der Waals surface area contributed by atoms with Crippen molar-refractivity contribution in [2.45, 2.75) is 24.0 Å². The maximum atomic E-state index is 13.0. The normalized spacial score (nSPS) is 27.8. The second-order valence-corrected chi connectivity index (χ2v) is 7.61. The van der Waals surface area contributed by atoms with E-state index in [9.17, 15) is 14.7 Å². The van der Waals surface area contributed by atoms with Gasteiger partial charge in [0.05, 0.1) is 22.3 Å². The molecule has 0 saturated heterocycles. The van der Waals surface area contributed by atoms with Gasteiger partial charge < -0.3 is 5.11 Å². The third kappa shape index (κ3) is 2.23. The predicted molar refractivity (Wildman–Crippen MR) is 97.1 cm³/mol. The lowest BCUT2D eigenvalue weighted by Crippen LogP contribution is -2.63. The first-order valence-corrected chi connectivity index (χ1v) is 8.79. The molecule has 0 unspecified atom stereocenters. The number of benzene rings is 2. The molecule has 0 aromatic heterocycles. The van der Waals surface area contributed by atoms with Crippen LogP contribution in [0.5, 0.6) is 0 Å². The third-order valence-electron chi connectivity index (χ3n) is 5.18. The van der Waals surface area contributed by atoms with E-state index >= 15 is 0 Å². The maximum Gasteiger partial charge on any atom is 0.262 e. The van der Waals surface area contributed by atoms with E-state index in [1.165, 1.54) is 11.0 Å². The van der Waals surface area contributed by atoms with Gasteiger partial charge in [-0.25, -0.2) is 0 Å². The molecule has 0 radical (unpaired) electrons. The predicted octanol–water partition coefficient (Wildman–Crippen LogP) is 3.65. The monoisotopic (exact) mass is 397 g/mol. The summed E-state index contributed by atoms with van der Waals surface area (Å²) in [6, 6.07) is 14.4. The SMILES string of the molecule is C=C[C@]1(O)C[C@](c2ccc(Br)cc2)(N2C(=O)c3ccccc3C2=O)C1. The Balaban J connectivity index is 1.84. The Kier molecular flexibility index (Phi) is 3.49. The Bertz CT molecular complexity index is 862. The fourth-order valence-electron chi connectivity index (χ4n) is 3.93. The molecule has 2 aromatic carbocycles. The number of nitrogens with zero attached hydrogens (tertiary/aromatic N) is 1. The van der Waals surface area contributed by atoms with Crippen molar-refractivity contribution in [2.24, 2.45) is 0 Å². The summed E-state index contributed by atoms with van der Waals surface area (Å²) in [4.78, 5) is 27.3. The van der Waals surface area contributed by atoms with E-state index in [2.05, 4.69) is 22.5 Å². The number of aliphatic hydroxyl groups is 1. The molecule has 1 aliphatic heterocycles. The van der Waals surface area contributed by atoms with Gasteiger partial charge in [-0.2, -0.15) is 0 Å². The molecule has 1 fully saturated rings. The molecule has 0 spiro atoms. The second-order valence-electron chi connectivity index (χ2n) is 6.69. The van der Waals surface area contributed by atoms with Crippen LogP contribution in [0.15, 0.2) is 65.7 Å². The smallest absolute Gasteiger partial charge is 0.262 e. The number of hydrogen-bond donors (Lipinski definition) is 1. The molecule has 1 N–H and O–H groups in total. The second kappa shape index (κ2) is 5.38. The first-order chi connectivity index (χ1) is 11.9. The van der Waals surface area contributed by atoms with Gasteiger partial charge in [-0.15, -0.1) is 6.58 Å². The fourth-order valence-corrected chi connectivity index (χ4v) is 4.20. The Morgan fingerprint density at radius 1 is 1.00 bits per heavy atom. The van der Waals surface area contributed by atoms with Gasteiger partial charge in [-0.05, 0) is 29.8 Å². The van der Waals surface area contributed by atoms with Crippen molar-refractivity contribution in [3.05, 3.63) is 82.3 Å². The summed E-state index contributed by atoms with van der Waals surface area (Å²) in [5, 5.41) is 10.5.